The number of rotatable bonds is 4. The van der Waals surface area contributed by atoms with Crippen molar-refractivity contribution in [1.29, 1.82) is 0 Å². The van der Waals surface area contributed by atoms with Gasteiger partial charge in [0.05, 0.1) is 13.2 Å². The van der Waals surface area contributed by atoms with Crippen molar-refractivity contribution in [2.75, 3.05) is 26.3 Å². The fraction of sp³-hybridized carbons (Fsp3) is 0.438. The van der Waals surface area contributed by atoms with E-state index in [0.29, 0.717) is 19.8 Å². The van der Waals surface area contributed by atoms with E-state index in [1.807, 2.05) is 35.2 Å². The topological polar surface area (TPSA) is 71.0 Å². The molecule has 1 aromatic rings. The van der Waals surface area contributed by atoms with Crippen LogP contribution < -0.4 is 5.32 Å². The summed E-state index contributed by atoms with van der Waals surface area (Å²) >= 11 is 1.39. The number of nitrogens with one attached hydrogen (secondary N) is 1. The van der Waals surface area contributed by atoms with E-state index in [0.717, 1.165) is 23.8 Å². The molecule has 122 valence electrons. The fourth-order valence-corrected chi connectivity index (χ4v) is 3.55. The number of amidine groups is 1. The zero-order chi connectivity index (χ0) is 16.1. The fourth-order valence-electron chi connectivity index (χ4n) is 2.44. The lowest BCUT2D eigenvalue weighted by molar-refractivity contribution is -0.124. The van der Waals surface area contributed by atoms with Gasteiger partial charge in [-0.25, -0.2) is 0 Å². The van der Waals surface area contributed by atoms with E-state index in [1.165, 1.54) is 11.8 Å². The number of hydrogen-bond acceptors (Lipinski definition) is 5. The zero-order valence-electron chi connectivity index (χ0n) is 12.7. The van der Waals surface area contributed by atoms with E-state index in [-0.39, 0.29) is 18.2 Å². The van der Waals surface area contributed by atoms with Gasteiger partial charge in [0, 0.05) is 26.1 Å². The summed E-state index contributed by atoms with van der Waals surface area (Å²) in [6.07, 6.45) is 0.160. The van der Waals surface area contributed by atoms with Crippen LogP contribution in [0.2, 0.25) is 0 Å². The van der Waals surface area contributed by atoms with Crippen LogP contribution in [0.4, 0.5) is 0 Å². The molecular weight excluding hydrogens is 314 g/mol. The molecule has 1 N–H and O–H groups in total. The summed E-state index contributed by atoms with van der Waals surface area (Å²) in [5, 5.41) is 3.16. The van der Waals surface area contributed by atoms with Crippen LogP contribution >= 0.6 is 11.8 Å². The molecule has 3 rings (SSSR count). The van der Waals surface area contributed by atoms with Gasteiger partial charge in [-0.15, -0.1) is 0 Å². The molecule has 23 heavy (non-hydrogen) atoms. The highest BCUT2D eigenvalue weighted by atomic mass is 32.2. The molecule has 0 aromatic heterocycles. The molecule has 2 aliphatic rings. The lowest BCUT2D eigenvalue weighted by Crippen LogP contribution is -2.39. The Kier molecular flexibility index (Phi) is 5.30. The molecule has 0 bridgehead atoms. The summed E-state index contributed by atoms with van der Waals surface area (Å²) in [6, 6.07) is 9.70. The minimum atomic E-state index is -0.413. The van der Waals surface area contributed by atoms with Crippen LogP contribution in [-0.4, -0.2) is 53.4 Å². The van der Waals surface area contributed by atoms with E-state index in [9.17, 15) is 9.59 Å². The first-order valence-corrected chi connectivity index (χ1v) is 8.53. The van der Waals surface area contributed by atoms with Crippen molar-refractivity contribution < 1.29 is 14.3 Å². The Labute approximate surface area is 139 Å². The highest BCUT2D eigenvalue weighted by molar-refractivity contribution is 8.15. The minimum absolute atomic E-state index is 0.127. The quantitative estimate of drug-likeness (QED) is 0.891. The van der Waals surface area contributed by atoms with Crippen molar-refractivity contribution in [3.63, 3.8) is 0 Å². The number of aliphatic imine (C=N–C) groups is 1. The Hall–Kier alpha value is -1.86. The predicted molar refractivity (Wildman–Crippen MR) is 89.1 cm³/mol. The Balaban J connectivity index is 1.47. The van der Waals surface area contributed by atoms with E-state index in [2.05, 4.69) is 10.3 Å². The normalized spacial score (nSPS) is 21.2. The highest BCUT2D eigenvalue weighted by Crippen LogP contribution is 2.27. The van der Waals surface area contributed by atoms with E-state index >= 15 is 0 Å². The molecule has 2 heterocycles. The molecule has 2 amide bonds. The van der Waals surface area contributed by atoms with Crippen LogP contribution in [0.3, 0.4) is 0 Å². The minimum Gasteiger partial charge on any atom is -0.378 e. The van der Waals surface area contributed by atoms with Crippen LogP contribution in [-0.2, 0) is 20.9 Å². The summed E-state index contributed by atoms with van der Waals surface area (Å²) in [5.41, 5.74) is 1.04. The number of benzene rings is 1. The summed E-state index contributed by atoms with van der Waals surface area (Å²) in [4.78, 5) is 30.2. The van der Waals surface area contributed by atoms with E-state index < -0.39 is 5.25 Å². The maximum Gasteiger partial charge on any atom is 0.262 e. The number of morpholine rings is 1. The van der Waals surface area contributed by atoms with Crippen LogP contribution in [0.5, 0.6) is 0 Å². The third kappa shape index (κ3) is 4.33. The van der Waals surface area contributed by atoms with Gasteiger partial charge in [-0.1, -0.05) is 42.1 Å². The number of nitrogens with zero attached hydrogens (tertiary/aromatic N) is 2. The van der Waals surface area contributed by atoms with Crippen molar-refractivity contribution >= 4 is 28.7 Å². The zero-order valence-corrected chi connectivity index (χ0v) is 13.6. The largest absolute Gasteiger partial charge is 0.378 e. The highest BCUT2D eigenvalue weighted by Gasteiger charge is 2.33. The molecule has 1 saturated heterocycles. The van der Waals surface area contributed by atoms with Crippen LogP contribution in [0.15, 0.2) is 35.3 Å². The lowest BCUT2D eigenvalue weighted by Gasteiger charge is -2.27. The molecule has 0 aliphatic carbocycles. The summed E-state index contributed by atoms with van der Waals surface area (Å²) in [5.74, 6) is -0.343. The van der Waals surface area contributed by atoms with Crippen molar-refractivity contribution in [2.24, 2.45) is 4.99 Å². The molecule has 2 aliphatic heterocycles. The van der Waals surface area contributed by atoms with Gasteiger partial charge in [0.2, 0.25) is 5.91 Å². The van der Waals surface area contributed by atoms with Crippen LogP contribution in [0.25, 0.3) is 0 Å². The van der Waals surface area contributed by atoms with Gasteiger partial charge in [0.25, 0.3) is 5.91 Å². The van der Waals surface area contributed by atoms with Gasteiger partial charge >= 0.3 is 0 Å². The van der Waals surface area contributed by atoms with Crippen molar-refractivity contribution in [3.05, 3.63) is 35.9 Å². The number of hydrogen-bond donors (Lipinski definition) is 1. The SMILES string of the molecule is O=C(C[C@@H]1SC(N2CCOCC2)=NC1=O)NCc1ccccc1. The first-order chi connectivity index (χ1) is 11.2. The van der Waals surface area contributed by atoms with Crippen LogP contribution in [0.1, 0.15) is 12.0 Å². The average molecular weight is 333 g/mol. The van der Waals surface area contributed by atoms with Crippen LogP contribution in [0, 0.1) is 0 Å². The lowest BCUT2D eigenvalue weighted by atomic mass is 10.2. The van der Waals surface area contributed by atoms with Gasteiger partial charge in [-0.05, 0) is 5.56 Å². The van der Waals surface area contributed by atoms with Crippen molar-refractivity contribution in [3.8, 4) is 0 Å². The molecule has 7 heteroatoms. The maximum absolute atomic E-state index is 12.0. The number of thioether (sulfide) groups is 1. The van der Waals surface area contributed by atoms with Gasteiger partial charge in [-0.3, -0.25) is 9.59 Å². The van der Waals surface area contributed by atoms with Gasteiger partial charge < -0.3 is 15.0 Å². The Bertz CT molecular complexity index is 600. The molecule has 1 fully saturated rings. The third-order valence-corrected chi connectivity index (χ3v) is 4.93. The number of carbonyl (C=O) groups excluding carboxylic acids is 2. The maximum atomic E-state index is 12.0. The third-order valence-electron chi connectivity index (χ3n) is 3.71. The summed E-state index contributed by atoms with van der Waals surface area (Å²) < 4.78 is 5.30. The first-order valence-electron chi connectivity index (χ1n) is 7.65. The number of carbonyl (C=O) groups is 2. The Morgan fingerprint density at radius 2 is 2.04 bits per heavy atom. The second-order valence-corrected chi connectivity index (χ2v) is 6.57. The van der Waals surface area contributed by atoms with Crippen molar-refractivity contribution in [2.45, 2.75) is 18.2 Å². The monoisotopic (exact) mass is 333 g/mol. The van der Waals surface area contributed by atoms with Gasteiger partial charge in [0.15, 0.2) is 5.17 Å². The average Bonchev–Trinajstić information content (AvgIpc) is 2.95. The van der Waals surface area contributed by atoms with E-state index in [1.54, 1.807) is 0 Å². The summed E-state index contributed by atoms with van der Waals surface area (Å²) in [6.45, 7) is 3.26. The standard InChI is InChI=1S/C16H19N3O3S/c20-14(17-11-12-4-2-1-3-5-12)10-13-15(21)18-16(23-13)19-6-8-22-9-7-19/h1-5,13H,6-11H2,(H,17,20)/t13-/m0/s1. The molecule has 1 aromatic carbocycles. The predicted octanol–water partition coefficient (Wildman–Crippen LogP) is 1.02. The molecule has 0 radical (unpaired) electrons. The molecule has 0 saturated carbocycles. The molecular formula is C16H19N3O3S. The summed E-state index contributed by atoms with van der Waals surface area (Å²) in [7, 11) is 0. The smallest absolute Gasteiger partial charge is 0.262 e. The van der Waals surface area contributed by atoms with Crippen molar-refractivity contribution in [1.82, 2.24) is 10.2 Å². The molecule has 0 unspecified atom stereocenters. The number of ether oxygens (including phenoxy) is 1. The molecule has 1 atom stereocenters. The first kappa shape index (κ1) is 16.0. The van der Waals surface area contributed by atoms with Gasteiger partial charge in [0.1, 0.15) is 5.25 Å². The Morgan fingerprint density at radius 3 is 2.78 bits per heavy atom. The molecule has 6 nitrogen and oxygen atoms in total. The second-order valence-electron chi connectivity index (χ2n) is 5.40. The van der Waals surface area contributed by atoms with Gasteiger partial charge in [-0.2, -0.15) is 4.99 Å². The second kappa shape index (κ2) is 7.61. The molecule has 0 spiro atoms. The van der Waals surface area contributed by atoms with E-state index in [4.69, 9.17) is 4.74 Å². The Morgan fingerprint density at radius 1 is 1.30 bits per heavy atom. The number of amides is 2.